The van der Waals surface area contributed by atoms with Crippen LogP contribution in [0.15, 0.2) is 0 Å². The third kappa shape index (κ3) is 6.56. The van der Waals surface area contributed by atoms with Gasteiger partial charge in [-0.05, 0) is 25.2 Å². The number of likely N-dealkylation sites (tertiary alicyclic amines) is 1. The Morgan fingerprint density at radius 2 is 2.21 bits per heavy atom. The molecule has 0 aromatic heterocycles. The minimum absolute atomic E-state index is 0.0975. The molecule has 2 N–H and O–H groups in total. The number of nitrogens with one attached hydrogen (secondary N) is 1. The second-order valence-corrected chi connectivity index (χ2v) is 6.45. The minimum Gasteiger partial charge on any atom is -0.481 e. The van der Waals surface area contributed by atoms with E-state index in [1.165, 1.54) is 0 Å². The summed E-state index contributed by atoms with van der Waals surface area (Å²) in [5, 5.41) is 11.4. The zero-order valence-electron chi connectivity index (χ0n) is 11.3. The number of rotatable bonds is 7. The molecule has 0 saturated carbocycles. The molecule has 2 unspecified atom stereocenters. The lowest BCUT2D eigenvalue weighted by molar-refractivity contribution is -0.137. The lowest BCUT2D eigenvalue weighted by Crippen LogP contribution is -2.39. The standard InChI is InChI=1S/C12H22N2O4S/c1-19(18)8-2-6-13-12(17)14-7-5-10(9-14)3-4-11(15)16/h10H,2-9H2,1H3,(H,13,17)(H,15,16). The summed E-state index contributed by atoms with van der Waals surface area (Å²) in [6, 6.07) is -0.0975. The van der Waals surface area contributed by atoms with Crippen molar-refractivity contribution in [3.05, 3.63) is 0 Å². The molecule has 0 aliphatic carbocycles. The molecule has 0 bridgehead atoms. The highest BCUT2D eigenvalue weighted by atomic mass is 32.2. The van der Waals surface area contributed by atoms with Crippen molar-refractivity contribution < 1.29 is 18.9 Å². The quantitative estimate of drug-likeness (QED) is 0.674. The van der Waals surface area contributed by atoms with E-state index >= 15 is 0 Å². The number of hydrogen-bond acceptors (Lipinski definition) is 3. The molecular weight excluding hydrogens is 268 g/mol. The van der Waals surface area contributed by atoms with E-state index in [1.807, 2.05) is 0 Å². The fourth-order valence-electron chi connectivity index (χ4n) is 2.16. The van der Waals surface area contributed by atoms with Crippen LogP contribution in [-0.4, -0.2) is 57.9 Å². The van der Waals surface area contributed by atoms with Gasteiger partial charge in [0.05, 0.1) is 0 Å². The molecule has 19 heavy (non-hydrogen) atoms. The van der Waals surface area contributed by atoms with Crippen molar-refractivity contribution in [1.29, 1.82) is 0 Å². The van der Waals surface area contributed by atoms with E-state index in [0.717, 1.165) is 6.42 Å². The molecule has 0 aromatic carbocycles. The molecular formula is C12H22N2O4S. The van der Waals surface area contributed by atoms with Crippen LogP contribution in [0.4, 0.5) is 4.79 Å². The first-order chi connectivity index (χ1) is 8.99. The van der Waals surface area contributed by atoms with Crippen LogP contribution in [-0.2, 0) is 15.6 Å². The average Bonchev–Trinajstić information content (AvgIpc) is 2.80. The van der Waals surface area contributed by atoms with Gasteiger partial charge in [-0.3, -0.25) is 9.00 Å². The molecule has 0 radical (unpaired) electrons. The van der Waals surface area contributed by atoms with Crippen LogP contribution >= 0.6 is 0 Å². The van der Waals surface area contributed by atoms with E-state index in [9.17, 15) is 13.8 Å². The Balaban J connectivity index is 2.17. The summed E-state index contributed by atoms with van der Waals surface area (Å²) >= 11 is 0. The van der Waals surface area contributed by atoms with Crippen LogP contribution in [0.2, 0.25) is 0 Å². The lowest BCUT2D eigenvalue weighted by Gasteiger charge is -2.17. The number of carboxylic acids is 1. The van der Waals surface area contributed by atoms with E-state index in [4.69, 9.17) is 5.11 Å². The second-order valence-electron chi connectivity index (χ2n) is 4.90. The van der Waals surface area contributed by atoms with Crippen LogP contribution in [0.25, 0.3) is 0 Å². The van der Waals surface area contributed by atoms with Gasteiger partial charge in [0, 0.05) is 48.9 Å². The Morgan fingerprint density at radius 1 is 1.47 bits per heavy atom. The van der Waals surface area contributed by atoms with Gasteiger partial charge in [0.1, 0.15) is 0 Å². The summed E-state index contributed by atoms with van der Waals surface area (Å²) in [5.41, 5.74) is 0. The number of urea groups is 1. The molecule has 2 atom stereocenters. The van der Waals surface area contributed by atoms with Crippen molar-refractivity contribution in [2.24, 2.45) is 5.92 Å². The van der Waals surface area contributed by atoms with Crippen molar-refractivity contribution in [2.75, 3.05) is 31.6 Å². The molecule has 1 fully saturated rings. The molecule has 1 saturated heterocycles. The van der Waals surface area contributed by atoms with E-state index < -0.39 is 16.8 Å². The fraction of sp³-hybridized carbons (Fsp3) is 0.833. The molecule has 1 heterocycles. The Hall–Kier alpha value is -1.11. The second kappa shape index (κ2) is 8.14. The number of nitrogens with zero attached hydrogens (tertiary/aromatic N) is 1. The molecule has 0 aromatic rings. The molecule has 1 aliphatic rings. The SMILES string of the molecule is CS(=O)CCCNC(=O)N1CCC(CCC(=O)O)C1. The third-order valence-corrected chi connectivity index (χ3v) is 4.09. The number of carbonyl (C=O) groups is 2. The maximum Gasteiger partial charge on any atom is 0.317 e. The smallest absolute Gasteiger partial charge is 0.317 e. The molecule has 1 aliphatic heterocycles. The zero-order chi connectivity index (χ0) is 14.3. The normalized spacial score (nSPS) is 20.3. The average molecular weight is 290 g/mol. The van der Waals surface area contributed by atoms with Gasteiger partial charge >= 0.3 is 12.0 Å². The first-order valence-corrected chi connectivity index (χ1v) is 8.26. The molecule has 1 rings (SSSR count). The first-order valence-electron chi connectivity index (χ1n) is 6.53. The monoisotopic (exact) mass is 290 g/mol. The van der Waals surface area contributed by atoms with Crippen molar-refractivity contribution in [3.63, 3.8) is 0 Å². The van der Waals surface area contributed by atoms with Crippen molar-refractivity contribution >= 4 is 22.8 Å². The van der Waals surface area contributed by atoms with Gasteiger partial charge in [-0.15, -0.1) is 0 Å². The summed E-state index contributed by atoms with van der Waals surface area (Å²) in [6.07, 6.45) is 4.04. The number of hydrogen-bond donors (Lipinski definition) is 2. The van der Waals surface area contributed by atoms with Gasteiger partial charge in [-0.2, -0.15) is 0 Å². The summed E-state index contributed by atoms with van der Waals surface area (Å²) < 4.78 is 10.9. The van der Waals surface area contributed by atoms with Gasteiger partial charge in [-0.1, -0.05) is 0 Å². The Kier molecular flexibility index (Phi) is 6.83. The third-order valence-electron chi connectivity index (χ3n) is 3.22. The van der Waals surface area contributed by atoms with Crippen molar-refractivity contribution in [1.82, 2.24) is 10.2 Å². The largest absolute Gasteiger partial charge is 0.481 e. The summed E-state index contributed by atoms with van der Waals surface area (Å²) in [5.74, 6) is 0.113. The molecule has 110 valence electrons. The highest BCUT2D eigenvalue weighted by Crippen LogP contribution is 2.20. The Morgan fingerprint density at radius 3 is 2.84 bits per heavy atom. The van der Waals surface area contributed by atoms with Crippen molar-refractivity contribution in [3.8, 4) is 0 Å². The minimum atomic E-state index is -0.816. The predicted octanol–water partition coefficient (Wildman–Crippen LogP) is 0.651. The topological polar surface area (TPSA) is 86.7 Å². The molecule has 7 heteroatoms. The number of carboxylic acid groups (broad SMARTS) is 1. The van der Waals surface area contributed by atoms with E-state index in [-0.39, 0.29) is 12.5 Å². The zero-order valence-corrected chi connectivity index (χ0v) is 12.1. The summed E-state index contributed by atoms with van der Waals surface area (Å²) in [7, 11) is -0.816. The fourth-order valence-corrected chi connectivity index (χ4v) is 2.71. The maximum atomic E-state index is 11.8. The van der Waals surface area contributed by atoms with E-state index in [0.29, 0.717) is 44.1 Å². The van der Waals surface area contributed by atoms with Crippen LogP contribution in [0, 0.1) is 5.92 Å². The number of carbonyl (C=O) groups excluding carboxylic acids is 1. The van der Waals surface area contributed by atoms with Gasteiger partial charge in [0.15, 0.2) is 0 Å². The number of amides is 2. The van der Waals surface area contributed by atoms with Gasteiger partial charge in [0.25, 0.3) is 0 Å². The van der Waals surface area contributed by atoms with Crippen molar-refractivity contribution in [2.45, 2.75) is 25.7 Å². The molecule has 6 nitrogen and oxygen atoms in total. The molecule has 2 amide bonds. The van der Waals surface area contributed by atoms with Crippen LogP contribution < -0.4 is 5.32 Å². The summed E-state index contributed by atoms with van der Waals surface area (Å²) in [6.45, 7) is 1.86. The van der Waals surface area contributed by atoms with E-state index in [1.54, 1.807) is 11.2 Å². The van der Waals surface area contributed by atoms with Gasteiger partial charge in [0.2, 0.25) is 0 Å². The van der Waals surface area contributed by atoms with Gasteiger partial charge < -0.3 is 15.3 Å². The van der Waals surface area contributed by atoms with Gasteiger partial charge in [-0.25, -0.2) is 4.79 Å². The molecule has 0 spiro atoms. The number of aliphatic carboxylic acids is 1. The van der Waals surface area contributed by atoms with Crippen LogP contribution in [0.1, 0.15) is 25.7 Å². The highest BCUT2D eigenvalue weighted by molar-refractivity contribution is 7.84. The predicted molar refractivity (Wildman–Crippen MR) is 73.5 cm³/mol. The van der Waals surface area contributed by atoms with Crippen LogP contribution in [0.3, 0.4) is 0 Å². The maximum absolute atomic E-state index is 11.8. The van der Waals surface area contributed by atoms with Crippen LogP contribution in [0.5, 0.6) is 0 Å². The highest BCUT2D eigenvalue weighted by Gasteiger charge is 2.26. The summed E-state index contributed by atoms with van der Waals surface area (Å²) in [4.78, 5) is 24.0. The Labute approximate surface area is 116 Å². The van der Waals surface area contributed by atoms with E-state index in [2.05, 4.69) is 5.32 Å². The lowest BCUT2D eigenvalue weighted by atomic mass is 10.0. The Bertz CT molecular complexity index is 349. The first kappa shape index (κ1) is 15.9.